The molecule has 8 nitrogen and oxygen atoms in total. The van der Waals surface area contributed by atoms with Crippen LogP contribution in [-0.4, -0.2) is 42.3 Å². The number of nitrogens with zero attached hydrogens (tertiary/aromatic N) is 4. The standard InChI is InChI=1S/C17H19ClN6O2.C7H10/c1-25-8-11(19)13-7-15-16(17-21-4-5-26-17)22-9-23(15)12-3-2-10(18)6-14(12)24(13)20;1-7-5-3-2-4-6-7/h2-3,6,9H,4-5,7-8,19-20H2,1H3;3,5-6H,2,4H2,1H3/b13-11-;. The van der Waals surface area contributed by atoms with Crippen molar-refractivity contribution in [3.63, 3.8) is 0 Å². The van der Waals surface area contributed by atoms with Crippen molar-refractivity contribution in [3.8, 4) is 5.69 Å². The van der Waals surface area contributed by atoms with E-state index in [2.05, 4.69) is 35.1 Å². The number of nitrogens with two attached hydrogens (primary N) is 2. The molecule has 0 saturated heterocycles. The molecule has 3 aliphatic rings. The molecule has 0 spiro atoms. The van der Waals surface area contributed by atoms with Gasteiger partial charge in [0.05, 0.1) is 41.6 Å². The highest BCUT2D eigenvalue weighted by Gasteiger charge is 2.29. The zero-order chi connectivity index (χ0) is 23.4. The number of aliphatic imine (C=N–C) groups is 1. The Balaban J connectivity index is 0.000000318. The van der Waals surface area contributed by atoms with Crippen LogP contribution in [0.25, 0.3) is 5.69 Å². The van der Waals surface area contributed by atoms with Crippen molar-refractivity contribution < 1.29 is 9.47 Å². The maximum absolute atomic E-state index is 6.42. The van der Waals surface area contributed by atoms with Crippen molar-refractivity contribution in [2.24, 2.45) is 16.6 Å². The van der Waals surface area contributed by atoms with E-state index in [1.54, 1.807) is 24.5 Å². The number of fused-ring (bicyclic) bond motifs is 3. The van der Waals surface area contributed by atoms with E-state index in [9.17, 15) is 0 Å². The second-order valence-corrected chi connectivity index (χ2v) is 8.39. The van der Waals surface area contributed by atoms with Gasteiger partial charge in [0.1, 0.15) is 18.6 Å². The lowest BCUT2D eigenvalue weighted by Gasteiger charge is -2.23. The molecule has 0 saturated carbocycles. The number of methoxy groups -OCH3 is 1. The zero-order valence-electron chi connectivity index (χ0n) is 18.9. The second kappa shape index (κ2) is 10.2. The molecule has 1 aromatic heterocycles. The van der Waals surface area contributed by atoms with Gasteiger partial charge < -0.3 is 15.2 Å². The number of aromatic nitrogens is 2. The summed E-state index contributed by atoms with van der Waals surface area (Å²) < 4.78 is 12.8. The molecule has 1 aromatic carbocycles. The minimum Gasteiger partial charge on any atom is -0.474 e. The quantitative estimate of drug-likeness (QED) is 0.666. The topological polar surface area (TPSA) is 104 Å². The lowest BCUT2D eigenvalue weighted by Crippen LogP contribution is -2.34. The van der Waals surface area contributed by atoms with E-state index >= 15 is 0 Å². The second-order valence-electron chi connectivity index (χ2n) is 7.96. The number of anilines is 1. The number of benzene rings is 1. The average Bonchev–Trinajstić information content (AvgIpc) is 3.46. The highest BCUT2D eigenvalue weighted by Crippen LogP contribution is 2.35. The molecule has 0 fully saturated rings. The molecule has 0 bridgehead atoms. The van der Waals surface area contributed by atoms with E-state index in [1.165, 1.54) is 18.4 Å². The first-order chi connectivity index (χ1) is 16.0. The number of hydrogen-bond donors (Lipinski definition) is 2. The van der Waals surface area contributed by atoms with E-state index < -0.39 is 0 Å². The van der Waals surface area contributed by atoms with Crippen molar-refractivity contribution >= 4 is 23.2 Å². The van der Waals surface area contributed by atoms with E-state index in [-0.39, 0.29) is 6.61 Å². The van der Waals surface area contributed by atoms with E-state index in [0.29, 0.717) is 41.9 Å². The minimum absolute atomic E-state index is 0.264. The summed E-state index contributed by atoms with van der Waals surface area (Å²) in [7, 11) is 1.59. The molecular weight excluding hydrogens is 440 g/mol. The highest BCUT2D eigenvalue weighted by molar-refractivity contribution is 6.31. The number of rotatable bonds is 3. The smallest absolute Gasteiger partial charge is 0.237 e. The van der Waals surface area contributed by atoms with Crippen LogP contribution in [0.15, 0.2) is 64.7 Å². The van der Waals surface area contributed by atoms with Gasteiger partial charge in [-0.3, -0.25) is 9.58 Å². The molecule has 2 aliphatic heterocycles. The molecule has 0 amide bonds. The van der Waals surface area contributed by atoms with Gasteiger partial charge in [-0.1, -0.05) is 35.4 Å². The Bertz CT molecular complexity index is 1150. The van der Waals surface area contributed by atoms with Crippen molar-refractivity contribution in [2.45, 2.75) is 26.2 Å². The molecule has 33 heavy (non-hydrogen) atoms. The fourth-order valence-electron chi connectivity index (χ4n) is 3.94. The van der Waals surface area contributed by atoms with Gasteiger partial charge in [0.25, 0.3) is 0 Å². The maximum atomic E-state index is 6.42. The SMILES string of the molecule is CC1=CCCC=C1.COC/C(N)=C1\Cc2c(C3=NCCO3)ncn2-c2ccc(Cl)cc2N1N. The number of hydrazine groups is 1. The van der Waals surface area contributed by atoms with Crippen molar-refractivity contribution in [3.05, 3.63) is 76.1 Å². The Hall–Kier alpha value is -3.07. The molecule has 2 aromatic rings. The summed E-state index contributed by atoms with van der Waals surface area (Å²) >= 11 is 6.20. The summed E-state index contributed by atoms with van der Waals surface area (Å²) in [5.74, 6) is 6.96. The van der Waals surface area contributed by atoms with Gasteiger partial charge in [-0.25, -0.2) is 15.8 Å². The van der Waals surface area contributed by atoms with Crippen LogP contribution < -0.4 is 16.6 Å². The average molecular weight is 469 g/mol. The molecule has 3 heterocycles. The Kier molecular flexibility index (Phi) is 7.17. The van der Waals surface area contributed by atoms with Crippen LogP contribution >= 0.6 is 11.6 Å². The number of imidazole rings is 1. The summed E-state index contributed by atoms with van der Waals surface area (Å²) in [5.41, 5.74) is 12.1. The summed E-state index contributed by atoms with van der Waals surface area (Å²) in [6.07, 6.45) is 11.3. The first-order valence-corrected chi connectivity index (χ1v) is 11.3. The normalized spacial score (nSPS) is 18.2. The van der Waals surface area contributed by atoms with Crippen LogP contribution in [0, 0.1) is 0 Å². The fourth-order valence-corrected chi connectivity index (χ4v) is 4.11. The van der Waals surface area contributed by atoms with Crippen LogP contribution in [0.5, 0.6) is 0 Å². The molecular formula is C24H29ClN6O2. The molecule has 174 valence electrons. The largest absolute Gasteiger partial charge is 0.474 e. The van der Waals surface area contributed by atoms with Crippen LogP contribution in [0.1, 0.15) is 31.2 Å². The molecule has 5 rings (SSSR count). The number of halogens is 1. The number of allylic oxidation sites excluding steroid dienone is 5. The van der Waals surface area contributed by atoms with Crippen molar-refractivity contribution in [1.82, 2.24) is 9.55 Å². The Morgan fingerprint density at radius 1 is 1.27 bits per heavy atom. The Labute approximate surface area is 198 Å². The Morgan fingerprint density at radius 3 is 2.76 bits per heavy atom. The number of ether oxygens (including phenoxy) is 2. The van der Waals surface area contributed by atoms with Crippen molar-refractivity contribution in [1.29, 1.82) is 0 Å². The van der Waals surface area contributed by atoms with Gasteiger partial charge >= 0.3 is 0 Å². The summed E-state index contributed by atoms with van der Waals surface area (Å²) in [6, 6.07) is 5.52. The third kappa shape index (κ3) is 4.98. The van der Waals surface area contributed by atoms with Crippen LogP contribution in [0.2, 0.25) is 5.02 Å². The predicted octanol–water partition coefficient (Wildman–Crippen LogP) is 3.64. The lowest BCUT2D eigenvalue weighted by atomic mass is 10.1. The summed E-state index contributed by atoms with van der Waals surface area (Å²) in [5, 5.41) is 2.14. The number of hydrogen-bond acceptors (Lipinski definition) is 7. The van der Waals surface area contributed by atoms with Crippen LogP contribution in [-0.2, 0) is 15.9 Å². The summed E-state index contributed by atoms with van der Waals surface area (Å²) in [6.45, 7) is 3.59. The molecule has 1 aliphatic carbocycles. The van der Waals surface area contributed by atoms with Gasteiger partial charge in [-0.05, 0) is 38.0 Å². The lowest BCUT2D eigenvalue weighted by molar-refractivity contribution is 0.223. The van der Waals surface area contributed by atoms with Gasteiger partial charge in [0, 0.05) is 18.6 Å². The third-order valence-electron chi connectivity index (χ3n) is 5.59. The molecule has 0 atom stereocenters. The maximum Gasteiger partial charge on any atom is 0.237 e. The Morgan fingerprint density at radius 2 is 2.12 bits per heavy atom. The fraction of sp³-hybridized carbons (Fsp3) is 0.333. The van der Waals surface area contributed by atoms with E-state index in [1.807, 2.05) is 16.7 Å². The van der Waals surface area contributed by atoms with Gasteiger partial charge in [-0.2, -0.15) is 0 Å². The van der Waals surface area contributed by atoms with E-state index in [0.717, 1.165) is 22.8 Å². The van der Waals surface area contributed by atoms with Crippen molar-refractivity contribution in [2.75, 3.05) is 31.9 Å². The zero-order valence-corrected chi connectivity index (χ0v) is 19.7. The molecule has 0 unspecified atom stereocenters. The predicted molar refractivity (Wildman–Crippen MR) is 132 cm³/mol. The van der Waals surface area contributed by atoms with Gasteiger partial charge in [0.15, 0.2) is 0 Å². The van der Waals surface area contributed by atoms with Gasteiger partial charge in [-0.15, -0.1) is 0 Å². The molecule has 4 N–H and O–H groups in total. The monoisotopic (exact) mass is 468 g/mol. The first kappa shape index (κ1) is 23.1. The van der Waals surface area contributed by atoms with Crippen LogP contribution in [0.3, 0.4) is 0 Å². The van der Waals surface area contributed by atoms with Crippen LogP contribution in [0.4, 0.5) is 5.69 Å². The third-order valence-corrected chi connectivity index (χ3v) is 5.82. The minimum atomic E-state index is 0.264. The molecule has 9 heteroatoms. The summed E-state index contributed by atoms with van der Waals surface area (Å²) in [4.78, 5) is 8.92. The highest BCUT2D eigenvalue weighted by atomic mass is 35.5. The first-order valence-electron chi connectivity index (χ1n) is 10.9. The van der Waals surface area contributed by atoms with E-state index in [4.69, 9.17) is 32.7 Å². The molecule has 0 radical (unpaired) electrons. The van der Waals surface area contributed by atoms with Gasteiger partial charge in [0.2, 0.25) is 5.90 Å².